The van der Waals surface area contributed by atoms with Crippen LogP contribution >= 0.6 is 0 Å². The van der Waals surface area contributed by atoms with Crippen molar-refractivity contribution in [1.29, 1.82) is 0 Å². The molecule has 0 aliphatic carbocycles. The minimum atomic E-state index is -0.987. The number of carbonyl (C=O) groups is 2. The molecule has 2 aliphatic rings. The zero-order valence-corrected chi connectivity index (χ0v) is 18.7. The van der Waals surface area contributed by atoms with E-state index in [2.05, 4.69) is 17.0 Å². The molecule has 2 heterocycles. The molecule has 7 heteroatoms. The maximum Gasteiger partial charge on any atom is 0.413 e. The van der Waals surface area contributed by atoms with Crippen molar-refractivity contribution in [3.05, 3.63) is 35.9 Å². The lowest BCUT2D eigenvalue weighted by Gasteiger charge is -2.41. The summed E-state index contributed by atoms with van der Waals surface area (Å²) in [5, 5.41) is 0. The quantitative estimate of drug-likeness (QED) is 0.681. The van der Waals surface area contributed by atoms with E-state index in [0.29, 0.717) is 13.2 Å². The molecule has 0 bridgehead atoms. The number of amides is 1. The summed E-state index contributed by atoms with van der Waals surface area (Å²) in [7, 11) is 1.33. The van der Waals surface area contributed by atoms with Crippen LogP contribution in [-0.4, -0.2) is 65.5 Å². The first-order chi connectivity index (χ1) is 14.2. The van der Waals surface area contributed by atoms with Gasteiger partial charge in [0.05, 0.1) is 25.3 Å². The molecule has 3 rings (SSSR count). The highest BCUT2D eigenvalue weighted by molar-refractivity contribution is 5.80. The van der Waals surface area contributed by atoms with Crippen molar-refractivity contribution in [1.82, 2.24) is 9.80 Å². The molecule has 1 aromatic rings. The Kier molecular flexibility index (Phi) is 6.72. The molecule has 0 aromatic heterocycles. The largest absolute Gasteiger partial charge is 0.466 e. The van der Waals surface area contributed by atoms with Crippen LogP contribution in [0.4, 0.5) is 4.79 Å². The summed E-state index contributed by atoms with van der Waals surface area (Å²) >= 11 is 0. The number of nitrogens with zero attached hydrogens (tertiary/aromatic N) is 2. The van der Waals surface area contributed by atoms with Crippen molar-refractivity contribution in [3.63, 3.8) is 0 Å². The summed E-state index contributed by atoms with van der Waals surface area (Å²) < 4.78 is 16.7. The third-order valence-corrected chi connectivity index (χ3v) is 6.01. The minimum absolute atomic E-state index is 0.231. The van der Waals surface area contributed by atoms with E-state index in [1.54, 1.807) is 4.90 Å². The summed E-state index contributed by atoms with van der Waals surface area (Å²) in [5.74, 6) is -0.524. The second-order valence-corrected chi connectivity index (χ2v) is 9.23. The van der Waals surface area contributed by atoms with E-state index in [9.17, 15) is 9.59 Å². The van der Waals surface area contributed by atoms with Gasteiger partial charge in [-0.1, -0.05) is 36.8 Å². The first-order valence-corrected chi connectivity index (χ1v) is 10.7. The molecule has 0 spiro atoms. The Hall–Kier alpha value is -2.12. The molecular formula is C23H34N2O5. The van der Waals surface area contributed by atoms with Gasteiger partial charge >= 0.3 is 12.1 Å². The van der Waals surface area contributed by atoms with E-state index in [0.717, 1.165) is 31.4 Å². The Morgan fingerprint density at radius 3 is 2.47 bits per heavy atom. The normalized spacial score (nSPS) is 24.3. The molecule has 0 saturated carbocycles. The predicted molar refractivity (Wildman–Crippen MR) is 113 cm³/mol. The van der Waals surface area contributed by atoms with Gasteiger partial charge in [0.15, 0.2) is 0 Å². The van der Waals surface area contributed by atoms with Crippen molar-refractivity contribution < 1.29 is 23.8 Å². The summed E-state index contributed by atoms with van der Waals surface area (Å²) in [6.45, 7) is 9.46. The summed E-state index contributed by atoms with van der Waals surface area (Å²) in [6, 6.07) is 9.89. The van der Waals surface area contributed by atoms with Gasteiger partial charge in [-0.15, -0.1) is 0 Å². The molecule has 0 N–H and O–H groups in total. The van der Waals surface area contributed by atoms with Crippen molar-refractivity contribution in [2.75, 3.05) is 20.3 Å². The zero-order chi connectivity index (χ0) is 21.9. The fraction of sp³-hybridized carbons (Fsp3) is 0.652. The average Bonchev–Trinajstić information content (AvgIpc) is 2.94. The fourth-order valence-electron chi connectivity index (χ4n) is 4.61. The minimum Gasteiger partial charge on any atom is -0.466 e. The van der Waals surface area contributed by atoms with Gasteiger partial charge < -0.3 is 14.2 Å². The number of piperidine rings is 1. The van der Waals surface area contributed by atoms with Crippen molar-refractivity contribution in [3.8, 4) is 0 Å². The third-order valence-electron chi connectivity index (χ3n) is 6.01. The molecular weight excluding hydrogens is 384 g/mol. The number of carbonyl (C=O) groups excluding carboxylic acids is 2. The molecule has 2 fully saturated rings. The lowest BCUT2D eigenvalue weighted by Crippen LogP contribution is -2.57. The van der Waals surface area contributed by atoms with Crippen LogP contribution in [-0.2, 0) is 25.5 Å². The lowest BCUT2D eigenvalue weighted by molar-refractivity contribution is -0.158. The Labute approximate surface area is 179 Å². The van der Waals surface area contributed by atoms with Crippen LogP contribution in [0.5, 0.6) is 0 Å². The fourth-order valence-corrected chi connectivity index (χ4v) is 4.61. The first-order valence-electron chi connectivity index (χ1n) is 10.7. The van der Waals surface area contributed by atoms with Gasteiger partial charge in [-0.3, -0.25) is 9.80 Å². The zero-order valence-electron chi connectivity index (χ0n) is 18.7. The maximum absolute atomic E-state index is 13.2. The number of methoxy groups -OCH3 is 1. The molecule has 30 heavy (non-hydrogen) atoms. The van der Waals surface area contributed by atoms with E-state index in [1.807, 2.05) is 45.9 Å². The van der Waals surface area contributed by atoms with Gasteiger partial charge in [0.2, 0.25) is 6.10 Å². The number of esters is 1. The number of ether oxygens (including phenoxy) is 3. The van der Waals surface area contributed by atoms with Crippen LogP contribution in [0.1, 0.15) is 52.5 Å². The Bertz CT molecular complexity index is 733. The SMILES string of the molecule is COC(=O)[C@H](OC(=O)N1C(C)(C)COC1(C)C)[C@@H]1CCCCN1Cc1ccccc1. The van der Waals surface area contributed by atoms with Gasteiger partial charge in [0, 0.05) is 6.54 Å². The van der Waals surface area contributed by atoms with Crippen LogP contribution in [0, 0.1) is 0 Å². The first kappa shape index (κ1) is 22.6. The molecule has 1 aromatic carbocycles. The molecule has 2 atom stereocenters. The third kappa shape index (κ3) is 4.78. The molecule has 2 saturated heterocycles. The predicted octanol–water partition coefficient (Wildman–Crippen LogP) is 3.57. The molecule has 0 radical (unpaired) electrons. The van der Waals surface area contributed by atoms with Crippen molar-refractivity contribution >= 4 is 12.1 Å². The summed E-state index contributed by atoms with van der Waals surface area (Å²) in [4.78, 5) is 29.7. The highest BCUT2D eigenvalue weighted by atomic mass is 16.6. The van der Waals surface area contributed by atoms with Gasteiger partial charge in [0.1, 0.15) is 5.72 Å². The average molecular weight is 419 g/mol. The smallest absolute Gasteiger partial charge is 0.413 e. The van der Waals surface area contributed by atoms with Gasteiger partial charge in [-0.2, -0.15) is 0 Å². The molecule has 166 valence electrons. The number of hydrogen-bond acceptors (Lipinski definition) is 6. The number of hydrogen-bond donors (Lipinski definition) is 0. The number of benzene rings is 1. The van der Waals surface area contributed by atoms with E-state index < -0.39 is 29.4 Å². The van der Waals surface area contributed by atoms with Gasteiger partial charge in [-0.05, 0) is 52.6 Å². The van der Waals surface area contributed by atoms with Crippen LogP contribution in [0.25, 0.3) is 0 Å². The van der Waals surface area contributed by atoms with Gasteiger partial charge in [0.25, 0.3) is 0 Å². The van der Waals surface area contributed by atoms with Gasteiger partial charge in [-0.25, -0.2) is 9.59 Å². The Morgan fingerprint density at radius 2 is 1.87 bits per heavy atom. The van der Waals surface area contributed by atoms with E-state index in [-0.39, 0.29) is 6.04 Å². The van der Waals surface area contributed by atoms with E-state index in [4.69, 9.17) is 14.2 Å². The van der Waals surface area contributed by atoms with Crippen molar-refractivity contribution in [2.24, 2.45) is 0 Å². The number of likely N-dealkylation sites (tertiary alicyclic amines) is 1. The topological polar surface area (TPSA) is 68.3 Å². The van der Waals surface area contributed by atoms with Crippen LogP contribution in [0.3, 0.4) is 0 Å². The molecule has 7 nitrogen and oxygen atoms in total. The van der Waals surface area contributed by atoms with Crippen LogP contribution in [0.15, 0.2) is 30.3 Å². The summed E-state index contributed by atoms with van der Waals surface area (Å²) in [6.07, 6.45) is 1.25. The molecule has 2 aliphatic heterocycles. The highest BCUT2D eigenvalue weighted by Crippen LogP contribution is 2.36. The van der Waals surface area contributed by atoms with Crippen molar-refractivity contribution in [2.45, 2.75) is 76.9 Å². The van der Waals surface area contributed by atoms with E-state index in [1.165, 1.54) is 7.11 Å². The second kappa shape index (κ2) is 8.94. The van der Waals surface area contributed by atoms with Crippen LogP contribution < -0.4 is 0 Å². The van der Waals surface area contributed by atoms with E-state index >= 15 is 0 Å². The second-order valence-electron chi connectivity index (χ2n) is 9.23. The molecule has 0 unspecified atom stereocenters. The lowest BCUT2D eigenvalue weighted by atomic mass is 9.96. The highest BCUT2D eigenvalue weighted by Gasteiger charge is 2.51. The Balaban J connectivity index is 1.82. The van der Waals surface area contributed by atoms with Crippen LogP contribution in [0.2, 0.25) is 0 Å². The number of rotatable bonds is 5. The molecule has 1 amide bonds. The standard InChI is InChI=1S/C23H34N2O5/c1-22(2)16-29-23(3,4)25(22)21(27)30-19(20(26)28-5)18-13-9-10-14-24(18)15-17-11-7-6-8-12-17/h6-8,11-12,18-19H,9-10,13-16H2,1-5H3/t18-,19+/m0/s1. The maximum atomic E-state index is 13.2. The Morgan fingerprint density at radius 1 is 1.17 bits per heavy atom. The monoisotopic (exact) mass is 418 g/mol. The summed E-state index contributed by atoms with van der Waals surface area (Å²) in [5.41, 5.74) is -0.177.